The van der Waals surface area contributed by atoms with Gasteiger partial charge in [-0.25, -0.2) is 4.98 Å². The van der Waals surface area contributed by atoms with Crippen molar-refractivity contribution in [2.45, 2.75) is 19.3 Å². The second-order valence-electron chi connectivity index (χ2n) is 4.63. The zero-order chi connectivity index (χ0) is 13.4. The van der Waals surface area contributed by atoms with E-state index in [0.717, 1.165) is 36.1 Å². The lowest BCUT2D eigenvalue weighted by molar-refractivity contribution is 0.100. The molecule has 0 atom stereocenters. The number of aryl methyl sites for hydroxylation is 1. The molecule has 0 radical (unpaired) electrons. The van der Waals surface area contributed by atoms with Gasteiger partial charge in [0.1, 0.15) is 5.82 Å². The third kappa shape index (κ3) is 2.03. The van der Waals surface area contributed by atoms with Crippen LogP contribution in [0, 0.1) is 0 Å². The lowest BCUT2D eigenvalue weighted by Crippen LogP contribution is -2.15. The molecule has 1 heterocycles. The molecule has 0 fully saturated rings. The molecule has 1 amide bonds. The monoisotopic (exact) mass is 255 g/mol. The number of carbonyl (C=O) groups is 1. The number of aromatic amines is 1. The molecule has 2 aromatic rings. The number of aromatic nitrogens is 2. The van der Waals surface area contributed by atoms with Crippen LogP contribution in [0.3, 0.4) is 0 Å². The summed E-state index contributed by atoms with van der Waals surface area (Å²) in [7, 11) is 0. The molecule has 1 aromatic carbocycles. The molecular formula is C14H13N3O2. The number of fused-ring (bicyclic) bond motifs is 1. The summed E-state index contributed by atoms with van der Waals surface area (Å²) in [4.78, 5) is 30.2. The quantitative estimate of drug-likeness (QED) is 0.839. The number of hydrogen-bond donors (Lipinski definition) is 2. The summed E-state index contributed by atoms with van der Waals surface area (Å²) < 4.78 is 0. The van der Waals surface area contributed by atoms with Gasteiger partial charge in [-0.05, 0) is 31.4 Å². The zero-order valence-corrected chi connectivity index (χ0v) is 10.3. The minimum atomic E-state index is -0.470. The maximum absolute atomic E-state index is 11.9. The Kier molecular flexibility index (Phi) is 2.67. The second kappa shape index (κ2) is 4.35. The molecule has 0 saturated carbocycles. The zero-order valence-electron chi connectivity index (χ0n) is 10.3. The highest BCUT2D eigenvalue weighted by Gasteiger charge is 2.17. The molecule has 1 aromatic heterocycles. The molecule has 0 spiro atoms. The van der Waals surface area contributed by atoms with Crippen LogP contribution in [0.2, 0.25) is 0 Å². The molecule has 0 unspecified atom stereocenters. The maximum atomic E-state index is 11.9. The van der Waals surface area contributed by atoms with Crippen molar-refractivity contribution in [2.75, 3.05) is 0 Å². The lowest BCUT2D eigenvalue weighted by Gasteiger charge is -2.04. The molecule has 19 heavy (non-hydrogen) atoms. The van der Waals surface area contributed by atoms with Gasteiger partial charge >= 0.3 is 0 Å². The van der Waals surface area contributed by atoms with Gasteiger partial charge in [0.05, 0.1) is 5.69 Å². The number of H-pyrrole nitrogens is 1. The summed E-state index contributed by atoms with van der Waals surface area (Å²) in [6.07, 6.45) is 2.64. The van der Waals surface area contributed by atoms with Crippen molar-refractivity contribution in [3.63, 3.8) is 0 Å². The predicted molar refractivity (Wildman–Crippen MR) is 70.8 cm³/mol. The topological polar surface area (TPSA) is 88.8 Å². The minimum absolute atomic E-state index is 0.0588. The Labute approximate surface area is 109 Å². The first kappa shape index (κ1) is 11.6. The van der Waals surface area contributed by atoms with Gasteiger partial charge in [0, 0.05) is 16.7 Å². The third-order valence-electron chi connectivity index (χ3n) is 3.38. The summed E-state index contributed by atoms with van der Waals surface area (Å²) in [5.74, 6) is 0.0728. The highest BCUT2D eigenvalue weighted by atomic mass is 16.1. The molecule has 1 aliphatic rings. The molecule has 1 aliphatic carbocycles. The van der Waals surface area contributed by atoms with Crippen LogP contribution in [0.5, 0.6) is 0 Å². The van der Waals surface area contributed by atoms with Crippen molar-refractivity contribution in [1.82, 2.24) is 9.97 Å². The van der Waals surface area contributed by atoms with E-state index in [-0.39, 0.29) is 5.56 Å². The molecular weight excluding hydrogens is 242 g/mol. The van der Waals surface area contributed by atoms with Crippen molar-refractivity contribution in [3.8, 4) is 11.4 Å². The Balaban J connectivity index is 2.05. The largest absolute Gasteiger partial charge is 0.366 e. The molecule has 3 rings (SSSR count). The Hall–Kier alpha value is -2.43. The van der Waals surface area contributed by atoms with Gasteiger partial charge in [-0.2, -0.15) is 0 Å². The average Bonchev–Trinajstić information content (AvgIpc) is 2.87. The van der Waals surface area contributed by atoms with E-state index >= 15 is 0 Å². The summed E-state index contributed by atoms with van der Waals surface area (Å²) in [5, 5.41) is 0. The lowest BCUT2D eigenvalue weighted by atomic mass is 10.1. The van der Waals surface area contributed by atoms with Gasteiger partial charge in [-0.1, -0.05) is 12.1 Å². The number of nitrogens with zero attached hydrogens (tertiary/aromatic N) is 1. The Bertz CT molecular complexity index is 702. The van der Waals surface area contributed by atoms with E-state index in [1.165, 1.54) is 0 Å². The van der Waals surface area contributed by atoms with Crippen LogP contribution >= 0.6 is 0 Å². The highest BCUT2D eigenvalue weighted by molar-refractivity contribution is 5.93. The summed E-state index contributed by atoms with van der Waals surface area (Å²) in [5.41, 5.74) is 8.03. The Morgan fingerprint density at radius 2 is 1.95 bits per heavy atom. The van der Waals surface area contributed by atoms with Crippen LogP contribution in [0.4, 0.5) is 0 Å². The molecule has 5 heteroatoms. The number of carbonyl (C=O) groups excluding carboxylic acids is 1. The molecule has 0 aliphatic heterocycles. The van der Waals surface area contributed by atoms with Gasteiger partial charge in [-0.3, -0.25) is 9.59 Å². The van der Waals surface area contributed by atoms with E-state index in [4.69, 9.17) is 5.73 Å². The van der Waals surface area contributed by atoms with Crippen LogP contribution in [0.1, 0.15) is 28.0 Å². The van der Waals surface area contributed by atoms with E-state index in [0.29, 0.717) is 11.4 Å². The summed E-state index contributed by atoms with van der Waals surface area (Å²) in [6, 6.07) is 6.73. The van der Waals surface area contributed by atoms with Crippen molar-refractivity contribution >= 4 is 5.91 Å². The van der Waals surface area contributed by atoms with E-state index in [9.17, 15) is 9.59 Å². The van der Waals surface area contributed by atoms with Crippen LogP contribution < -0.4 is 11.3 Å². The molecule has 0 saturated heterocycles. The summed E-state index contributed by atoms with van der Waals surface area (Å²) in [6.45, 7) is 0. The second-order valence-corrected chi connectivity index (χ2v) is 4.63. The number of nitrogens with one attached hydrogen (secondary N) is 1. The standard InChI is InChI=1S/C14H13N3O2/c15-12(18)8-4-6-9(7-5-8)13-16-11-3-1-2-10(11)14(19)17-13/h4-7H,1-3H2,(H2,15,18)(H,16,17,19). The first-order chi connectivity index (χ1) is 9.15. The average molecular weight is 255 g/mol. The van der Waals surface area contributed by atoms with Crippen LogP contribution in [0.25, 0.3) is 11.4 Å². The number of nitrogens with two attached hydrogens (primary N) is 1. The van der Waals surface area contributed by atoms with Crippen molar-refractivity contribution in [2.24, 2.45) is 5.73 Å². The van der Waals surface area contributed by atoms with Crippen LogP contribution in [0.15, 0.2) is 29.1 Å². The van der Waals surface area contributed by atoms with Crippen LogP contribution in [-0.4, -0.2) is 15.9 Å². The number of benzene rings is 1. The van der Waals surface area contributed by atoms with E-state index in [1.54, 1.807) is 24.3 Å². The fourth-order valence-electron chi connectivity index (χ4n) is 2.37. The number of hydrogen-bond acceptors (Lipinski definition) is 3. The first-order valence-corrected chi connectivity index (χ1v) is 6.17. The first-order valence-electron chi connectivity index (χ1n) is 6.17. The number of primary amides is 1. The third-order valence-corrected chi connectivity index (χ3v) is 3.38. The SMILES string of the molecule is NC(=O)c1ccc(-c2nc3c(c(=O)[nH]2)CCC3)cc1. The van der Waals surface area contributed by atoms with E-state index in [2.05, 4.69) is 9.97 Å². The van der Waals surface area contributed by atoms with Gasteiger partial charge in [0.15, 0.2) is 0 Å². The molecule has 96 valence electrons. The Morgan fingerprint density at radius 3 is 2.63 bits per heavy atom. The fraction of sp³-hybridized carbons (Fsp3) is 0.214. The van der Waals surface area contributed by atoms with Gasteiger partial charge in [-0.15, -0.1) is 0 Å². The predicted octanol–water partition coefficient (Wildman–Crippen LogP) is 1.02. The normalized spacial score (nSPS) is 13.3. The smallest absolute Gasteiger partial charge is 0.254 e. The summed E-state index contributed by atoms with van der Waals surface area (Å²) >= 11 is 0. The van der Waals surface area contributed by atoms with Gasteiger partial charge < -0.3 is 10.7 Å². The van der Waals surface area contributed by atoms with Gasteiger partial charge in [0.2, 0.25) is 5.91 Å². The number of rotatable bonds is 2. The maximum Gasteiger partial charge on any atom is 0.254 e. The minimum Gasteiger partial charge on any atom is -0.366 e. The molecule has 0 bridgehead atoms. The van der Waals surface area contributed by atoms with Crippen molar-refractivity contribution < 1.29 is 4.79 Å². The van der Waals surface area contributed by atoms with Crippen molar-refractivity contribution in [3.05, 3.63) is 51.4 Å². The fourth-order valence-corrected chi connectivity index (χ4v) is 2.37. The highest BCUT2D eigenvalue weighted by Crippen LogP contribution is 2.20. The number of amides is 1. The molecule has 3 N–H and O–H groups in total. The van der Waals surface area contributed by atoms with E-state index < -0.39 is 5.91 Å². The van der Waals surface area contributed by atoms with E-state index in [1.807, 2.05) is 0 Å². The molecule has 5 nitrogen and oxygen atoms in total. The van der Waals surface area contributed by atoms with Crippen LogP contribution in [-0.2, 0) is 12.8 Å². The van der Waals surface area contributed by atoms with Crippen molar-refractivity contribution in [1.29, 1.82) is 0 Å². The Morgan fingerprint density at radius 1 is 1.21 bits per heavy atom. The van der Waals surface area contributed by atoms with Gasteiger partial charge in [0.25, 0.3) is 5.56 Å².